The third-order valence-electron chi connectivity index (χ3n) is 18.6. The average Bonchev–Trinajstić information content (AvgIpc) is 3.87. The summed E-state index contributed by atoms with van der Waals surface area (Å²) in [5, 5.41) is 6.36. The Morgan fingerprint density at radius 3 is 1.76 bits per heavy atom. The highest BCUT2D eigenvalue weighted by molar-refractivity contribution is 6.73. The lowest BCUT2D eigenvalue weighted by Crippen LogP contribution is -2.42. The van der Waals surface area contributed by atoms with Gasteiger partial charge >= 0.3 is 0 Å². The summed E-state index contributed by atoms with van der Waals surface area (Å²) in [6, 6.07) is 66.2. The molecule has 0 fully saturated rings. The number of hydrogen-bond donors (Lipinski definition) is 1. The van der Waals surface area contributed by atoms with Crippen LogP contribution >= 0.6 is 0 Å². The van der Waals surface area contributed by atoms with E-state index in [1.807, 2.05) is 0 Å². The summed E-state index contributed by atoms with van der Waals surface area (Å²) in [7, 11) is 0.725. The molecule has 78 heavy (non-hydrogen) atoms. The number of furan rings is 1. The highest BCUT2D eigenvalue weighted by Gasteiger charge is 2.40. The Labute approximate surface area is 463 Å². The van der Waals surface area contributed by atoms with Crippen molar-refractivity contribution >= 4 is 85.6 Å². The molecule has 2 aliphatic carbocycles. The zero-order valence-electron chi connectivity index (χ0n) is 47.6. The van der Waals surface area contributed by atoms with Crippen LogP contribution in [0.1, 0.15) is 120 Å². The van der Waals surface area contributed by atoms with Crippen molar-refractivity contribution < 1.29 is 4.42 Å². The SMILES string of the molecule is Cc1ccccc1N(c1cc(-c2c(Nc3ccc4c(c3)C(C)(C)CCC4(C)C)ccc3oc4ccccc4c23)c2c(c1)N(c1cc3c(cc1C)C(C)(C)CCC3(C)C)c1ccc(-c3ccccc3)cc1B2)c1ccccc1C. The monoisotopic (exact) mass is 1020 g/mol. The molecule has 0 atom stereocenters. The molecule has 5 heteroatoms. The molecular weight excluding hydrogens is 946 g/mol. The number of nitrogens with one attached hydrogen (secondary N) is 1. The molecule has 13 rings (SSSR count). The van der Waals surface area contributed by atoms with Gasteiger partial charge < -0.3 is 19.5 Å². The summed E-state index contributed by atoms with van der Waals surface area (Å²) in [5.41, 5.74) is 27.9. The summed E-state index contributed by atoms with van der Waals surface area (Å²) in [6.45, 7) is 26.3. The summed E-state index contributed by atoms with van der Waals surface area (Å²) in [5.74, 6) is 0. The largest absolute Gasteiger partial charge is 0.456 e. The van der Waals surface area contributed by atoms with Crippen LogP contribution in [0.4, 0.5) is 45.5 Å². The van der Waals surface area contributed by atoms with Gasteiger partial charge in [0.2, 0.25) is 0 Å². The number of hydrogen-bond acceptors (Lipinski definition) is 4. The molecule has 1 N–H and O–H groups in total. The van der Waals surface area contributed by atoms with Crippen LogP contribution in [0.25, 0.3) is 44.2 Å². The highest BCUT2D eigenvalue weighted by atomic mass is 16.3. The number of para-hydroxylation sites is 3. The maximum absolute atomic E-state index is 6.90. The van der Waals surface area contributed by atoms with E-state index in [2.05, 4.69) is 267 Å². The molecule has 388 valence electrons. The zero-order chi connectivity index (χ0) is 54.0. The van der Waals surface area contributed by atoms with E-state index in [-0.39, 0.29) is 21.7 Å². The van der Waals surface area contributed by atoms with Crippen molar-refractivity contribution in [2.75, 3.05) is 15.1 Å². The molecule has 1 aromatic heterocycles. The Hall–Kier alpha value is -7.76. The standard InChI is InChI=1S/C73H72BN3O/c1-45-21-15-18-26-60(45)76(61-27-19-16-22-46(61)2)51-42-53(67-59(32-34-66-68(67)52-25-17-20-28-65(52)78-66)75-50-30-31-54-56(41-50)72(8,9)36-35-70(54,4)5)69-64(43-51)77(62-33-29-49(40-58(62)74-69)48-23-13-12-14-24-48)63-44-57-55(39-47(63)3)71(6,7)37-38-73(57,10)11/h12-34,39-44,74-75H,35-38H2,1-11H3. The van der Waals surface area contributed by atoms with E-state index in [0.29, 0.717) is 0 Å². The van der Waals surface area contributed by atoms with Crippen LogP contribution in [0.15, 0.2) is 180 Å². The van der Waals surface area contributed by atoms with Crippen LogP contribution in [-0.4, -0.2) is 7.28 Å². The number of fused-ring (bicyclic) bond motifs is 7. The first-order chi connectivity index (χ1) is 37.4. The lowest BCUT2D eigenvalue weighted by atomic mass is 9.57. The fourth-order valence-corrected chi connectivity index (χ4v) is 13.7. The molecule has 0 saturated heterocycles. The third kappa shape index (κ3) is 8.18. The van der Waals surface area contributed by atoms with Gasteiger partial charge in [0.05, 0.1) is 0 Å². The Bertz CT molecular complexity index is 4000. The molecule has 0 radical (unpaired) electrons. The second kappa shape index (κ2) is 18.2. The van der Waals surface area contributed by atoms with Crippen LogP contribution < -0.4 is 26.0 Å². The highest BCUT2D eigenvalue weighted by Crippen LogP contribution is 2.53. The second-order valence-electron chi connectivity index (χ2n) is 25.7. The fraction of sp³-hybridized carbons (Fsp3) is 0.260. The summed E-state index contributed by atoms with van der Waals surface area (Å²) >= 11 is 0. The normalized spacial score (nSPS) is 16.4. The minimum atomic E-state index is 0.00556. The Morgan fingerprint density at radius 2 is 1.08 bits per heavy atom. The molecule has 0 bridgehead atoms. The molecule has 1 aliphatic heterocycles. The predicted molar refractivity (Wildman–Crippen MR) is 335 cm³/mol. The van der Waals surface area contributed by atoms with Gasteiger partial charge in [-0.25, -0.2) is 0 Å². The van der Waals surface area contributed by atoms with E-state index in [0.717, 1.165) is 82.5 Å². The van der Waals surface area contributed by atoms with Gasteiger partial charge in [-0.3, -0.25) is 0 Å². The molecule has 0 unspecified atom stereocenters. The van der Waals surface area contributed by atoms with E-state index in [9.17, 15) is 0 Å². The average molecular weight is 1020 g/mol. The number of rotatable bonds is 8. The van der Waals surface area contributed by atoms with Crippen LogP contribution in [0.3, 0.4) is 0 Å². The molecule has 2 heterocycles. The van der Waals surface area contributed by atoms with Crippen LogP contribution in [0.5, 0.6) is 0 Å². The van der Waals surface area contributed by atoms with E-state index in [4.69, 9.17) is 4.42 Å². The lowest BCUT2D eigenvalue weighted by molar-refractivity contribution is 0.332. The number of anilines is 8. The summed E-state index contributed by atoms with van der Waals surface area (Å²) in [4.78, 5) is 5.16. The van der Waals surface area contributed by atoms with Crippen molar-refractivity contribution in [3.63, 3.8) is 0 Å². The molecule has 9 aromatic carbocycles. The van der Waals surface area contributed by atoms with E-state index >= 15 is 0 Å². The molecule has 10 aromatic rings. The van der Waals surface area contributed by atoms with E-state index in [1.54, 1.807) is 0 Å². The van der Waals surface area contributed by atoms with Gasteiger partial charge in [0.25, 0.3) is 0 Å². The van der Waals surface area contributed by atoms with Gasteiger partial charge in [0, 0.05) is 61.8 Å². The Balaban J connectivity index is 1.16. The molecule has 3 aliphatic rings. The summed E-state index contributed by atoms with van der Waals surface area (Å²) < 4.78 is 6.90. The van der Waals surface area contributed by atoms with Crippen molar-refractivity contribution in [2.45, 2.75) is 124 Å². The van der Waals surface area contributed by atoms with Gasteiger partial charge in [-0.05, 0) is 196 Å². The van der Waals surface area contributed by atoms with Gasteiger partial charge in [0.1, 0.15) is 11.2 Å². The first-order valence-corrected chi connectivity index (χ1v) is 28.5. The van der Waals surface area contributed by atoms with Crippen molar-refractivity contribution in [1.29, 1.82) is 0 Å². The van der Waals surface area contributed by atoms with Gasteiger partial charge in [-0.15, -0.1) is 0 Å². The third-order valence-corrected chi connectivity index (χ3v) is 18.6. The first kappa shape index (κ1) is 49.8. The smallest absolute Gasteiger partial charge is 0.198 e. The molecule has 4 nitrogen and oxygen atoms in total. The Kier molecular flexibility index (Phi) is 11.6. The quantitative estimate of drug-likeness (QED) is 0.154. The number of aryl methyl sites for hydroxylation is 3. The summed E-state index contributed by atoms with van der Waals surface area (Å²) in [6.07, 6.45) is 4.62. The van der Waals surface area contributed by atoms with Crippen LogP contribution in [0.2, 0.25) is 0 Å². The van der Waals surface area contributed by atoms with Crippen molar-refractivity contribution in [1.82, 2.24) is 0 Å². The van der Waals surface area contributed by atoms with Crippen molar-refractivity contribution in [2.24, 2.45) is 0 Å². The zero-order valence-corrected chi connectivity index (χ0v) is 47.6. The first-order valence-electron chi connectivity index (χ1n) is 28.5. The van der Waals surface area contributed by atoms with Crippen molar-refractivity contribution in [3.05, 3.63) is 215 Å². The number of nitrogens with zero attached hydrogens (tertiary/aromatic N) is 2. The minimum absolute atomic E-state index is 0.00556. The molecular formula is C73H72BN3O. The van der Waals surface area contributed by atoms with Crippen LogP contribution in [0, 0.1) is 20.8 Å². The molecule has 0 spiro atoms. The fourth-order valence-electron chi connectivity index (χ4n) is 13.7. The van der Waals surface area contributed by atoms with Gasteiger partial charge in [-0.2, -0.15) is 0 Å². The molecule has 0 saturated carbocycles. The number of benzene rings is 9. The molecule has 0 amide bonds. The minimum Gasteiger partial charge on any atom is -0.456 e. The van der Waals surface area contributed by atoms with E-state index < -0.39 is 0 Å². The maximum atomic E-state index is 6.90. The van der Waals surface area contributed by atoms with Gasteiger partial charge in [-0.1, -0.05) is 170 Å². The lowest BCUT2D eigenvalue weighted by Gasteiger charge is -2.44. The van der Waals surface area contributed by atoms with E-state index in [1.165, 1.54) is 90.0 Å². The predicted octanol–water partition coefficient (Wildman–Crippen LogP) is 18.9. The topological polar surface area (TPSA) is 31.6 Å². The van der Waals surface area contributed by atoms with Gasteiger partial charge in [0.15, 0.2) is 7.28 Å². The van der Waals surface area contributed by atoms with Crippen molar-refractivity contribution in [3.8, 4) is 22.3 Å². The van der Waals surface area contributed by atoms with Crippen LogP contribution in [-0.2, 0) is 21.7 Å². The second-order valence-corrected chi connectivity index (χ2v) is 25.7. The maximum Gasteiger partial charge on any atom is 0.198 e. The Morgan fingerprint density at radius 1 is 0.474 bits per heavy atom.